The number of nitro groups is 2. The zero-order chi connectivity index (χ0) is 14.9. The van der Waals surface area contributed by atoms with Gasteiger partial charge in [-0.15, -0.1) is 0 Å². The molecule has 0 atom stereocenters. The third-order valence-corrected chi connectivity index (χ3v) is 2.27. The molecule has 1 N–H and O–H groups in total. The third-order valence-electron chi connectivity index (χ3n) is 2.27. The maximum atomic E-state index is 10.8. The molecule has 0 fully saturated rings. The van der Waals surface area contributed by atoms with E-state index in [-0.39, 0.29) is 11.5 Å². The summed E-state index contributed by atoms with van der Waals surface area (Å²) in [5, 5.41) is 33.6. The molecule has 0 unspecified atom stereocenters. The Morgan fingerprint density at radius 3 is 2.50 bits per heavy atom. The number of hydrogen-bond donors (Lipinski definition) is 1. The minimum atomic E-state index is -1.58. The van der Waals surface area contributed by atoms with Crippen LogP contribution in [0, 0.1) is 20.2 Å². The molecule has 11 nitrogen and oxygen atoms in total. The first kappa shape index (κ1) is 13.1. The van der Waals surface area contributed by atoms with E-state index in [0.29, 0.717) is 0 Å². The van der Waals surface area contributed by atoms with Gasteiger partial charge < -0.3 is 5.11 Å². The number of hydrogen-bond acceptors (Lipinski definition) is 7. The van der Waals surface area contributed by atoms with Crippen LogP contribution in [0.4, 0.5) is 11.4 Å². The highest BCUT2D eigenvalue weighted by molar-refractivity contribution is 5.89. The summed E-state index contributed by atoms with van der Waals surface area (Å²) in [6.45, 7) is 0. The molecule has 2 rings (SSSR count). The molecular formula is C9H5N5O6. The van der Waals surface area contributed by atoms with Gasteiger partial charge in [-0.25, -0.2) is 14.5 Å². The zero-order valence-electron chi connectivity index (χ0n) is 9.53. The second kappa shape index (κ2) is 4.72. The van der Waals surface area contributed by atoms with Crippen LogP contribution in [0.25, 0.3) is 5.82 Å². The average molecular weight is 279 g/mol. The van der Waals surface area contributed by atoms with E-state index in [4.69, 9.17) is 5.11 Å². The van der Waals surface area contributed by atoms with Crippen molar-refractivity contribution in [3.8, 4) is 5.82 Å². The van der Waals surface area contributed by atoms with Crippen LogP contribution in [0.5, 0.6) is 0 Å². The summed E-state index contributed by atoms with van der Waals surface area (Å²) in [6, 6.07) is 2.14. The van der Waals surface area contributed by atoms with E-state index in [1.807, 2.05) is 0 Å². The number of carboxylic acids is 1. The number of carboxylic acid groups (broad SMARTS) is 1. The number of rotatable bonds is 4. The van der Waals surface area contributed by atoms with E-state index in [1.165, 1.54) is 0 Å². The van der Waals surface area contributed by atoms with E-state index in [2.05, 4.69) is 10.1 Å². The first-order valence-electron chi connectivity index (χ1n) is 4.98. The number of pyridine rings is 1. The summed E-state index contributed by atoms with van der Waals surface area (Å²) in [5.74, 6) is -1.68. The van der Waals surface area contributed by atoms with E-state index in [1.54, 1.807) is 0 Å². The molecule has 0 amide bonds. The van der Waals surface area contributed by atoms with Gasteiger partial charge in [-0.05, 0) is 0 Å². The van der Waals surface area contributed by atoms with E-state index in [0.717, 1.165) is 29.2 Å². The lowest BCUT2D eigenvalue weighted by atomic mass is 10.4. The highest BCUT2D eigenvalue weighted by Crippen LogP contribution is 2.20. The fourth-order valence-electron chi connectivity index (χ4n) is 1.41. The second-order valence-electron chi connectivity index (χ2n) is 3.50. The van der Waals surface area contributed by atoms with Crippen molar-refractivity contribution < 1.29 is 19.7 Å². The molecule has 2 aromatic rings. The smallest absolute Gasteiger partial charge is 0.363 e. The Morgan fingerprint density at radius 2 is 2.00 bits per heavy atom. The molecule has 20 heavy (non-hydrogen) atoms. The van der Waals surface area contributed by atoms with Crippen molar-refractivity contribution in [1.82, 2.24) is 14.8 Å². The van der Waals surface area contributed by atoms with Crippen LogP contribution < -0.4 is 0 Å². The predicted octanol–water partition coefficient (Wildman–Crippen LogP) is 0.782. The lowest BCUT2D eigenvalue weighted by Crippen LogP contribution is -2.04. The van der Waals surface area contributed by atoms with Crippen molar-refractivity contribution >= 4 is 17.3 Å². The molecule has 0 spiro atoms. The summed E-state index contributed by atoms with van der Waals surface area (Å²) in [4.78, 5) is 34.3. The second-order valence-corrected chi connectivity index (χ2v) is 3.50. The predicted molar refractivity (Wildman–Crippen MR) is 61.6 cm³/mol. The molecule has 2 heterocycles. The lowest BCUT2D eigenvalue weighted by molar-refractivity contribution is -0.385. The van der Waals surface area contributed by atoms with Crippen molar-refractivity contribution in [1.29, 1.82) is 0 Å². The van der Waals surface area contributed by atoms with Gasteiger partial charge in [-0.3, -0.25) is 20.2 Å². The first-order valence-corrected chi connectivity index (χ1v) is 4.98. The Bertz CT molecular complexity index is 692. The van der Waals surface area contributed by atoms with Crippen LogP contribution in [-0.2, 0) is 0 Å². The summed E-state index contributed by atoms with van der Waals surface area (Å²) < 4.78 is 0.800. The fourth-order valence-corrected chi connectivity index (χ4v) is 1.41. The summed E-state index contributed by atoms with van der Waals surface area (Å²) in [7, 11) is 0. The summed E-state index contributed by atoms with van der Waals surface area (Å²) >= 11 is 0. The monoisotopic (exact) mass is 279 g/mol. The Labute approximate surface area is 109 Å². The Morgan fingerprint density at radius 1 is 1.30 bits per heavy atom. The molecule has 0 radical (unpaired) electrons. The molecule has 0 saturated carbocycles. The number of aromatic carboxylic acids is 1. The minimum absolute atomic E-state index is 0.102. The fraction of sp³-hybridized carbons (Fsp3) is 0. The molecule has 0 bridgehead atoms. The van der Waals surface area contributed by atoms with Gasteiger partial charge in [0.15, 0.2) is 5.82 Å². The normalized spacial score (nSPS) is 10.2. The van der Waals surface area contributed by atoms with Crippen LogP contribution in [-0.4, -0.2) is 35.7 Å². The lowest BCUT2D eigenvalue weighted by Gasteiger charge is -1.98. The number of aromatic nitrogens is 3. The Hall–Kier alpha value is -3.37. The van der Waals surface area contributed by atoms with Crippen LogP contribution in [0.2, 0.25) is 0 Å². The zero-order valence-corrected chi connectivity index (χ0v) is 9.53. The van der Waals surface area contributed by atoms with Gasteiger partial charge in [0.25, 0.3) is 5.69 Å². The molecule has 2 aromatic heterocycles. The van der Waals surface area contributed by atoms with Gasteiger partial charge in [0.05, 0.1) is 15.9 Å². The van der Waals surface area contributed by atoms with Crippen LogP contribution in [0.3, 0.4) is 0 Å². The van der Waals surface area contributed by atoms with Crippen molar-refractivity contribution in [2.75, 3.05) is 0 Å². The number of carbonyl (C=O) groups is 1. The molecular weight excluding hydrogens is 274 g/mol. The Kier molecular flexibility index (Phi) is 3.08. The largest absolute Gasteiger partial charge is 0.476 e. The van der Waals surface area contributed by atoms with Gasteiger partial charge in [0, 0.05) is 12.3 Å². The molecule has 0 aliphatic carbocycles. The average Bonchev–Trinajstić information content (AvgIpc) is 2.84. The van der Waals surface area contributed by atoms with Gasteiger partial charge in [0.2, 0.25) is 5.69 Å². The van der Waals surface area contributed by atoms with Gasteiger partial charge in [-0.1, -0.05) is 0 Å². The van der Waals surface area contributed by atoms with E-state index in [9.17, 15) is 25.0 Å². The van der Waals surface area contributed by atoms with Crippen LogP contribution in [0.15, 0.2) is 24.5 Å². The minimum Gasteiger partial charge on any atom is -0.476 e. The van der Waals surface area contributed by atoms with Crippen LogP contribution in [0.1, 0.15) is 10.5 Å². The molecule has 11 heteroatoms. The molecule has 0 aliphatic rings. The standard InChI is InChI=1S/C9H5N5O6/c15-9(16)8-6(14(19)20)4-12(11-8)7-3-5(13(17)18)1-2-10-7/h1-4H,(H,15,16). The first-order chi connectivity index (χ1) is 9.40. The highest BCUT2D eigenvalue weighted by atomic mass is 16.6. The van der Waals surface area contributed by atoms with Gasteiger partial charge in [0.1, 0.15) is 6.20 Å². The molecule has 0 saturated heterocycles. The van der Waals surface area contributed by atoms with Gasteiger partial charge >= 0.3 is 11.7 Å². The summed E-state index contributed by atoms with van der Waals surface area (Å²) in [5.41, 5.74) is -1.81. The van der Waals surface area contributed by atoms with Crippen molar-refractivity contribution in [3.63, 3.8) is 0 Å². The number of nitrogens with zero attached hydrogens (tertiary/aromatic N) is 5. The molecule has 102 valence electrons. The maximum absolute atomic E-state index is 10.8. The van der Waals surface area contributed by atoms with E-state index < -0.39 is 27.2 Å². The topological polar surface area (TPSA) is 154 Å². The SMILES string of the molecule is O=C(O)c1nn(-c2cc([N+](=O)[O-])ccn2)cc1[N+](=O)[O-]. The van der Waals surface area contributed by atoms with Crippen molar-refractivity contribution in [2.24, 2.45) is 0 Å². The summed E-state index contributed by atoms with van der Waals surface area (Å²) in [6.07, 6.45) is 1.94. The maximum Gasteiger partial charge on any atom is 0.363 e. The molecule has 0 aromatic carbocycles. The van der Waals surface area contributed by atoms with E-state index >= 15 is 0 Å². The third kappa shape index (κ3) is 2.27. The highest BCUT2D eigenvalue weighted by Gasteiger charge is 2.26. The van der Waals surface area contributed by atoms with Crippen LogP contribution >= 0.6 is 0 Å². The molecule has 0 aliphatic heterocycles. The quantitative estimate of drug-likeness (QED) is 0.635. The van der Waals surface area contributed by atoms with Crippen molar-refractivity contribution in [2.45, 2.75) is 0 Å². The Balaban J connectivity index is 2.56. The van der Waals surface area contributed by atoms with Crippen molar-refractivity contribution in [3.05, 3.63) is 50.4 Å². The van der Waals surface area contributed by atoms with Gasteiger partial charge in [-0.2, -0.15) is 5.10 Å².